The molecule has 1 saturated heterocycles. The van der Waals surface area contributed by atoms with Crippen molar-refractivity contribution in [2.75, 3.05) is 19.3 Å². The number of nitrogens with zero attached hydrogens (tertiary/aromatic N) is 2. The summed E-state index contributed by atoms with van der Waals surface area (Å²) in [6, 6.07) is 8.89. The Morgan fingerprint density at radius 2 is 2.04 bits per heavy atom. The summed E-state index contributed by atoms with van der Waals surface area (Å²) in [6.07, 6.45) is 4.75. The van der Waals surface area contributed by atoms with Gasteiger partial charge in [-0.25, -0.2) is 8.42 Å². The maximum Gasteiger partial charge on any atom is 0.253 e. The van der Waals surface area contributed by atoms with E-state index in [1.54, 1.807) is 30.5 Å². The second kappa shape index (κ2) is 6.76. The zero-order valence-electron chi connectivity index (χ0n) is 13.6. The number of carbonyl (C=O) groups excluding carboxylic acids is 1. The number of nitrogens with one attached hydrogen (secondary N) is 1. The van der Waals surface area contributed by atoms with Gasteiger partial charge in [0.1, 0.15) is 0 Å². The summed E-state index contributed by atoms with van der Waals surface area (Å²) in [7, 11) is -3.11. The molecule has 24 heavy (non-hydrogen) atoms. The minimum absolute atomic E-state index is 0.0339. The fourth-order valence-corrected chi connectivity index (χ4v) is 3.95. The van der Waals surface area contributed by atoms with Gasteiger partial charge in [0.25, 0.3) is 5.91 Å². The Kier molecular flexibility index (Phi) is 4.71. The van der Waals surface area contributed by atoms with Crippen LogP contribution in [-0.2, 0) is 15.6 Å². The predicted octanol–water partition coefficient (Wildman–Crippen LogP) is 1.97. The lowest BCUT2D eigenvalue weighted by molar-refractivity contribution is 0.0712. The zero-order chi connectivity index (χ0) is 17.2. The van der Waals surface area contributed by atoms with Gasteiger partial charge in [0, 0.05) is 42.7 Å². The van der Waals surface area contributed by atoms with Crippen LogP contribution in [-0.4, -0.2) is 48.8 Å². The molecule has 1 aliphatic heterocycles. The molecule has 3 rings (SSSR count). The number of sulfone groups is 1. The second-order valence-corrected chi connectivity index (χ2v) is 8.49. The van der Waals surface area contributed by atoms with Crippen molar-refractivity contribution in [3.8, 4) is 0 Å². The van der Waals surface area contributed by atoms with E-state index in [0.717, 1.165) is 18.5 Å². The van der Waals surface area contributed by atoms with E-state index < -0.39 is 9.84 Å². The molecule has 0 bridgehead atoms. The molecule has 0 unspecified atom stereocenters. The average Bonchev–Trinajstić information content (AvgIpc) is 3.07. The van der Waals surface area contributed by atoms with Crippen molar-refractivity contribution in [1.29, 1.82) is 0 Å². The summed E-state index contributed by atoms with van der Waals surface area (Å²) in [4.78, 5) is 14.5. The summed E-state index contributed by atoms with van der Waals surface area (Å²) >= 11 is 0. The van der Waals surface area contributed by atoms with Gasteiger partial charge >= 0.3 is 0 Å². The van der Waals surface area contributed by atoms with Crippen LogP contribution in [0.15, 0.2) is 36.5 Å². The van der Waals surface area contributed by atoms with Gasteiger partial charge in [-0.1, -0.05) is 12.1 Å². The van der Waals surface area contributed by atoms with Crippen molar-refractivity contribution >= 4 is 15.7 Å². The summed E-state index contributed by atoms with van der Waals surface area (Å²) in [5.41, 5.74) is 2.32. The number of carbonyl (C=O) groups is 1. The number of hydrogen-bond acceptors (Lipinski definition) is 4. The molecule has 1 aromatic heterocycles. The van der Waals surface area contributed by atoms with Crippen molar-refractivity contribution in [2.45, 2.75) is 24.5 Å². The molecule has 0 radical (unpaired) electrons. The molecule has 1 N–H and O–H groups in total. The largest absolute Gasteiger partial charge is 0.339 e. The Morgan fingerprint density at radius 1 is 1.29 bits per heavy atom. The Labute approximate surface area is 141 Å². The highest BCUT2D eigenvalue weighted by molar-refractivity contribution is 7.89. The highest BCUT2D eigenvalue weighted by Crippen LogP contribution is 2.27. The minimum Gasteiger partial charge on any atom is -0.339 e. The summed E-state index contributed by atoms with van der Waals surface area (Å²) in [5.74, 6) is 0.331. The van der Waals surface area contributed by atoms with Crippen molar-refractivity contribution in [1.82, 2.24) is 15.1 Å². The van der Waals surface area contributed by atoms with Crippen molar-refractivity contribution < 1.29 is 13.2 Å². The van der Waals surface area contributed by atoms with Gasteiger partial charge in [-0.3, -0.25) is 9.89 Å². The van der Waals surface area contributed by atoms with E-state index in [1.807, 2.05) is 11.0 Å². The fourth-order valence-electron chi connectivity index (χ4n) is 3.17. The lowest BCUT2D eigenvalue weighted by atomic mass is 9.93. The fraction of sp³-hybridized carbons (Fsp3) is 0.412. The molecule has 1 aromatic carbocycles. The maximum atomic E-state index is 12.7. The van der Waals surface area contributed by atoms with E-state index in [2.05, 4.69) is 10.2 Å². The van der Waals surface area contributed by atoms with E-state index in [1.165, 1.54) is 6.26 Å². The van der Waals surface area contributed by atoms with Gasteiger partial charge in [-0.15, -0.1) is 0 Å². The Bertz CT molecular complexity index is 807. The van der Waals surface area contributed by atoms with Crippen LogP contribution in [0.1, 0.15) is 40.4 Å². The van der Waals surface area contributed by atoms with Crippen LogP contribution in [0.2, 0.25) is 0 Å². The number of aromatic nitrogens is 2. The van der Waals surface area contributed by atoms with Crippen LogP contribution in [0.25, 0.3) is 0 Å². The molecule has 2 heterocycles. The van der Waals surface area contributed by atoms with Crippen LogP contribution in [0, 0.1) is 0 Å². The number of H-pyrrole nitrogens is 1. The van der Waals surface area contributed by atoms with Crippen molar-refractivity contribution in [3.63, 3.8) is 0 Å². The second-order valence-electron chi connectivity index (χ2n) is 6.35. The molecular formula is C17H21N3O3S. The van der Waals surface area contributed by atoms with Gasteiger partial charge in [0.15, 0.2) is 9.84 Å². The summed E-state index contributed by atoms with van der Waals surface area (Å²) < 4.78 is 22.9. The highest BCUT2D eigenvalue weighted by atomic mass is 32.2. The quantitative estimate of drug-likeness (QED) is 0.917. The van der Waals surface area contributed by atoms with Crippen LogP contribution < -0.4 is 0 Å². The first-order valence-electron chi connectivity index (χ1n) is 7.97. The van der Waals surface area contributed by atoms with Crippen LogP contribution >= 0.6 is 0 Å². The normalized spacial score (nSPS) is 16.3. The number of likely N-dealkylation sites (tertiary alicyclic amines) is 1. The maximum absolute atomic E-state index is 12.7. The summed E-state index contributed by atoms with van der Waals surface area (Å²) in [6.45, 7) is 1.39. The third-order valence-electron chi connectivity index (χ3n) is 4.35. The van der Waals surface area contributed by atoms with E-state index in [-0.39, 0.29) is 11.7 Å². The lowest BCUT2D eigenvalue weighted by Gasteiger charge is -2.31. The monoisotopic (exact) mass is 347 g/mol. The van der Waals surface area contributed by atoms with Gasteiger partial charge in [-0.2, -0.15) is 5.10 Å². The first-order chi connectivity index (χ1) is 11.4. The van der Waals surface area contributed by atoms with Crippen LogP contribution in [0.5, 0.6) is 0 Å². The summed E-state index contributed by atoms with van der Waals surface area (Å²) in [5, 5.41) is 6.98. The molecule has 0 atom stereocenters. The number of piperidine rings is 1. The van der Waals surface area contributed by atoms with Crippen LogP contribution in [0.3, 0.4) is 0 Å². The lowest BCUT2D eigenvalue weighted by Crippen LogP contribution is -2.38. The zero-order valence-corrected chi connectivity index (χ0v) is 14.4. The molecular weight excluding hydrogens is 326 g/mol. The van der Waals surface area contributed by atoms with E-state index in [9.17, 15) is 13.2 Å². The molecule has 1 fully saturated rings. The SMILES string of the molecule is CS(=O)(=O)Cc1cccc(C(=O)N2CCC(c3ccn[nH]3)CC2)c1. The predicted molar refractivity (Wildman–Crippen MR) is 91.5 cm³/mol. The Morgan fingerprint density at radius 3 is 2.67 bits per heavy atom. The first-order valence-corrected chi connectivity index (χ1v) is 10.0. The van der Waals surface area contributed by atoms with Gasteiger partial charge in [0.05, 0.1) is 5.75 Å². The van der Waals surface area contributed by atoms with Gasteiger partial charge < -0.3 is 4.90 Å². The molecule has 0 saturated carbocycles. The molecule has 2 aromatic rings. The minimum atomic E-state index is -3.11. The average molecular weight is 347 g/mol. The van der Waals surface area contributed by atoms with Crippen molar-refractivity contribution in [2.24, 2.45) is 0 Å². The molecule has 128 valence electrons. The molecule has 0 aliphatic carbocycles. The molecule has 6 nitrogen and oxygen atoms in total. The molecule has 0 spiro atoms. The molecule has 1 aliphatic rings. The van der Waals surface area contributed by atoms with Crippen LogP contribution in [0.4, 0.5) is 0 Å². The van der Waals surface area contributed by atoms with E-state index >= 15 is 0 Å². The Hall–Kier alpha value is -2.15. The third-order valence-corrected chi connectivity index (χ3v) is 5.20. The highest BCUT2D eigenvalue weighted by Gasteiger charge is 2.25. The van der Waals surface area contributed by atoms with E-state index in [4.69, 9.17) is 0 Å². The first kappa shape index (κ1) is 16.7. The number of hydrogen-bond donors (Lipinski definition) is 1. The van der Waals surface area contributed by atoms with E-state index in [0.29, 0.717) is 30.1 Å². The standard InChI is InChI=1S/C17H21N3O3S/c1-24(22,23)12-13-3-2-4-15(11-13)17(21)20-9-6-14(7-10-20)16-5-8-18-19-16/h2-5,8,11,14H,6-7,9-10,12H2,1H3,(H,18,19). The number of benzene rings is 1. The third kappa shape index (κ3) is 4.03. The van der Waals surface area contributed by atoms with Gasteiger partial charge in [-0.05, 0) is 36.6 Å². The number of aromatic amines is 1. The topological polar surface area (TPSA) is 83.1 Å². The Balaban J connectivity index is 1.66. The van der Waals surface area contributed by atoms with Gasteiger partial charge in [0.2, 0.25) is 0 Å². The molecule has 7 heteroatoms. The molecule has 1 amide bonds. The van der Waals surface area contributed by atoms with Crippen molar-refractivity contribution in [3.05, 3.63) is 53.3 Å². The number of rotatable bonds is 4. The number of amides is 1. The smallest absolute Gasteiger partial charge is 0.253 e.